The molecule has 3 heteroatoms. The van der Waals surface area contributed by atoms with Gasteiger partial charge in [-0.15, -0.1) is 0 Å². The monoisotopic (exact) mass is 235 g/mol. The third-order valence-corrected chi connectivity index (χ3v) is 2.78. The second-order valence-corrected chi connectivity index (χ2v) is 3.99. The number of carbonyl (C=O) groups is 1. The minimum absolute atomic E-state index is 0.154. The molecule has 1 amide bonds. The Bertz CT molecular complexity index is 686. The Kier molecular flexibility index (Phi) is 2.57. The number of nitrogens with one attached hydrogen (secondary N) is 2. The molecule has 1 aromatic heterocycles. The quantitative estimate of drug-likeness (QED) is 0.703. The molecular formula is C15H11N2O. The van der Waals surface area contributed by atoms with E-state index in [0.717, 1.165) is 16.6 Å². The summed E-state index contributed by atoms with van der Waals surface area (Å²) in [4.78, 5) is 15.1. The molecule has 87 valence electrons. The summed E-state index contributed by atoms with van der Waals surface area (Å²) in [5.41, 5.74) is 2.23. The number of carbonyl (C=O) groups excluding carboxylic acids is 1. The van der Waals surface area contributed by atoms with E-state index in [2.05, 4.69) is 16.5 Å². The molecule has 0 saturated heterocycles. The van der Waals surface area contributed by atoms with Gasteiger partial charge < -0.3 is 10.3 Å². The van der Waals surface area contributed by atoms with E-state index in [9.17, 15) is 4.79 Å². The molecular weight excluding hydrogens is 224 g/mol. The van der Waals surface area contributed by atoms with Crippen LogP contribution in [0.2, 0.25) is 0 Å². The van der Waals surface area contributed by atoms with Crippen LogP contribution >= 0.6 is 0 Å². The summed E-state index contributed by atoms with van der Waals surface area (Å²) >= 11 is 0. The minimum atomic E-state index is -0.154. The number of aromatic amines is 1. The number of hydrogen-bond donors (Lipinski definition) is 2. The lowest BCUT2D eigenvalue weighted by atomic mass is 10.1. The highest BCUT2D eigenvalue weighted by molar-refractivity contribution is 6.12. The summed E-state index contributed by atoms with van der Waals surface area (Å²) in [5.74, 6) is -0.154. The lowest BCUT2D eigenvalue weighted by molar-refractivity contribution is 0.102. The normalized spacial score (nSPS) is 10.4. The molecule has 18 heavy (non-hydrogen) atoms. The first kappa shape index (κ1) is 10.6. The molecule has 0 atom stereocenters. The molecule has 3 aromatic rings. The van der Waals surface area contributed by atoms with Gasteiger partial charge >= 0.3 is 0 Å². The third kappa shape index (κ3) is 1.86. The number of hydrogen-bond acceptors (Lipinski definition) is 1. The van der Waals surface area contributed by atoms with Crippen LogP contribution in [0.3, 0.4) is 0 Å². The molecule has 0 aliphatic rings. The van der Waals surface area contributed by atoms with Crippen LogP contribution in [0.15, 0.2) is 54.6 Å². The Hall–Kier alpha value is -2.55. The van der Waals surface area contributed by atoms with Gasteiger partial charge in [0.2, 0.25) is 0 Å². The van der Waals surface area contributed by atoms with Crippen molar-refractivity contribution in [1.29, 1.82) is 0 Å². The van der Waals surface area contributed by atoms with Crippen LogP contribution in [0.1, 0.15) is 10.4 Å². The topological polar surface area (TPSA) is 44.9 Å². The molecule has 0 saturated carbocycles. The van der Waals surface area contributed by atoms with Crippen LogP contribution in [0.4, 0.5) is 5.69 Å². The summed E-state index contributed by atoms with van der Waals surface area (Å²) in [6.07, 6.45) is 2.90. The van der Waals surface area contributed by atoms with Crippen molar-refractivity contribution in [3.63, 3.8) is 0 Å². The number of anilines is 1. The Balaban J connectivity index is 1.93. The maximum absolute atomic E-state index is 12.1. The smallest absolute Gasteiger partial charge is 0.258 e. The zero-order valence-electron chi connectivity index (χ0n) is 9.60. The van der Waals surface area contributed by atoms with Crippen molar-refractivity contribution in [2.75, 3.05) is 5.32 Å². The van der Waals surface area contributed by atoms with Crippen LogP contribution in [0, 0.1) is 6.20 Å². The van der Waals surface area contributed by atoms with Gasteiger partial charge in [-0.05, 0) is 18.2 Å². The van der Waals surface area contributed by atoms with Crippen molar-refractivity contribution in [3.05, 3.63) is 66.4 Å². The SMILES string of the molecule is O=C(Nc1ccccc1)c1[c][nH]c2ccccc12. The first-order valence-corrected chi connectivity index (χ1v) is 5.69. The first-order valence-electron chi connectivity index (χ1n) is 5.69. The van der Waals surface area contributed by atoms with Gasteiger partial charge in [0.25, 0.3) is 5.91 Å². The first-order chi connectivity index (χ1) is 8.84. The van der Waals surface area contributed by atoms with Gasteiger partial charge in [0.05, 0.1) is 11.8 Å². The highest BCUT2D eigenvalue weighted by Gasteiger charge is 2.11. The molecule has 1 radical (unpaired) electrons. The average molecular weight is 235 g/mol. The second kappa shape index (κ2) is 4.37. The predicted octanol–water partition coefficient (Wildman–Crippen LogP) is 3.22. The highest BCUT2D eigenvalue weighted by atomic mass is 16.1. The van der Waals surface area contributed by atoms with E-state index >= 15 is 0 Å². The maximum atomic E-state index is 12.1. The molecule has 0 fully saturated rings. The number of fused-ring (bicyclic) bond motifs is 1. The average Bonchev–Trinajstić information content (AvgIpc) is 2.84. The summed E-state index contributed by atoms with van der Waals surface area (Å²) in [6, 6.07) is 17.0. The van der Waals surface area contributed by atoms with Crippen molar-refractivity contribution in [3.8, 4) is 0 Å². The molecule has 0 unspecified atom stereocenters. The zero-order valence-corrected chi connectivity index (χ0v) is 9.60. The van der Waals surface area contributed by atoms with E-state index in [1.54, 1.807) is 0 Å². The molecule has 2 aromatic carbocycles. The fraction of sp³-hybridized carbons (Fsp3) is 0. The van der Waals surface area contributed by atoms with Gasteiger partial charge in [0, 0.05) is 16.6 Å². The maximum Gasteiger partial charge on any atom is 0.258 e. The van der Waals surface area contributed by atoms with E-state index in [1.807, 2.05) is 54.6 Å². The number of H-pyrrole nitrogens is 1. The van der Waals surface area contributed by atoms with E-state index in [1.165, 1.54) is 0 Å². The molecule has 3 rings (SSSR count). The van der Waals surface area contributed by atoms with Crippen molar-refractivity contribution in [2.24, 2.45) is 0 Å². The largest absolute Gasteiger partial charge is 0.353 e. The number of para-hydroxylation sites is 2. The van der Waals surface area contributed by atoms with Crippen molar-refractivity contribution < 1.29 is 4.79 Å². The van der Waals surface area contributed by atoms with Gasteiger partial charge in [0.15, 0.2) is 0 Å². The number of rotatable bonds is 2. The molecule has 1 heterocycles. The number of amides is 1. The summed E-state index contributed by atoms with van der Waals surface area (Å²) in [6.45, 7) is 0. The van der Waals surface area contributed by atoms with Crippen LogP contribution in [0.25, 0.3) is 10.9 Å². The third-order valence-electron chi connectivity index (χ3n) is 2.78. The van der Waals surface area contributed by atoms with Crippen molar-refractivity contribution in [1.82, 2.24) is 4.98 Å². The standard InChI is InChI=1S/C15H11N2O/c18-15(17-11-6-2-1-3-7-11)13-10-16-14-9-5-4-8-12(13)14/h1-9,16H,(H,17,18). The summed E-state index contributed by atoms with van der Waals surface area (Å²) < 4.78 is 0. The molecule has 0 aliphatic carbocycles. The predicted molar refractivity (Wildman–Crippen MR) is 71.5 cm³/mol. The fourth-order valence-corrected chi connectivity index (χ4v) is 1.90. The van der Waals surface area contributed by atoms with Gasteiger partial charge in [-0.1, -0.05) is 36.4 Å². The lowest BCUT2D eigenvalue weighted by Crippen LogP contribution is -2.11. The Morgan fingerprint density at radius 3 is 2.56 bits per heavy atom. The zero-order chi connectivity index (χ0) is 12.4. The number of aromatic nitrogens is 1. The van der Waals surface area contributed by atoms with E-state index in [4.69, 9.17) is 0 Å². The van der Waals surface area contributed by atoms with Gasteiger partial charge in [-0.25, -0.2) is 0 Å². The van der Waals surface area contributed by atoms with E-state index < -0.39 is 0 Å². The molecule has 3 nitrogen and oxygen atoms in total. The van der Waals surface area contributed by atoms with E-state index in [-0.39, 0.29) is 5.91 Å². The van der Waals surface area contributed by atoms with Crippen LogP contribution in [0.5, 0.6) is 0 Å². The minimum Gasteiger partial charge on any atom is -0.353 e. The molecule has 2 N–H and O–H groups in total. The Labute approximate surface area is 104 Å². The number of benzene rings is 2. The van der Waals surface area contributed by atoms with Crippen molar-refractivity contribution in [2.45, 2.75) is 0 Å². The molecule has 0 aliphatic heterocycles. The van der Waals surface area contributed by atoms with Crippen LogP contribution in [-0.2, 0) is 0 Å². The van der Waals surface area contributed by atoms with E-state index in [0.29, 0.717) is 5.56 Å². The van der Waals surface area contributed by atoms with Gasteiger partial charge in [0.1, 0.15) is 0 Å². The molecule has 0 bridgehead atoms. The van der Waals surface area contributed by atoms with Crippen molar-refractivity contribution >= 4 is 22.5 Å². The van der Waals surface area contributed by atoms with Crippen LogP contribution < -0.4 is 5.32 Å². The van der Waals surface area contributed by atoms with Gasteiger partial charge in [-0.2, -0.15) is 0 Å². The highest BCUT2D eigenvalue weighted by Crippen LogP contribution is 2.18. The summed E-state index contributed by atoms with van der Waals surface area (Å²) in [7, 11) is 0. The second-order valence-electron chi connectivity index (χ2n) is 3.99. The molecule has 0 spiro atoms. The lowest BCUT2D eigenvalue weighted by Gasteiger charge is -2.03. The summed E-state index contributed by atoms with van der Waals surface area (Å²) in [5, 5.41) is 3.73. The Morgan fingerprint density at radius 2 is 1.72 bits per heavy atom. The van der Waals surface area contributed by atoms with Crippen LogP contribution in [-0.4, -0.2) is 10.9 Å². The van der Waals surface area contributed by atoms with Gasteiger partial charge in [-0.3, -0.25) is 4.79 Å². The fourth-order valence-electron chi connectivity index (χ4n) is 1.90. The Morgan fingerprint density at radius 1 is 1.00 bits per heavy atom.